The fourth-order valence-corrected chi connectivity index (χ4v) is 3.55. The number of hydrogen-bond acceptors (Lipinski definition) is 4. The Kier molecular flexibility index (Phi) is 5.11. The van der Waals surface area contributed by atoms with Crippen LogP contribution < -0.4 is 10.9 Å². The van der Waals surface area contributed by atoms with E-state index in [2.05, 4.69) is 10.3 Å². The molecule has 1 heterocycles. The van der Waals surface area contributed by atoms with Crippen molar-refractivity contribution in [2.45, 2.75) is 44.4 Å². The highest BCUT2D eigenvalue weighted by Crippen LogP contribution is 2.21. The van der Waals surface area contributed by atoms with Gasteiger partial charge < -0.3 is 15.0 Å². The Morgan fingerprint density at radius 3 is 3.00 bits per heavy atom. The molecule has 2 aromatic rings. The number of benzene rings is 1. The Hall–Kier alpha value is -1.99. The third kappa shape index (κ3) is 3.42. The molecule has 1 aliphatic rings. The number of aromatic amines is 1. The summed E-state index contributed by atoms with van der Waals surface area (Å²) in [5, 5.41) is 3.57. The first-order valence-corrected chi connectivity index (χ1v) is 8.55. The van der Waals surface area contributed by atoms with Gasteiger partial charge in [-0.1, -0.05) is 12.1 Å². The largest absolute Gasteiger partial charge is 0.379 e. The average Bonchev–Trinajstić information content (AvgIpc) is 3.01. The summed E-state index contributed by atoms with van der Waals surface area (Å²) >= 11 is 5.26. The molecule has 0 aliphatic heterocycles. The summed E-state index contributed by atoms with van der Waals surface area (Å²) in [5.41, 5.74) is 0.542. The van der Waals surface area contributed by atoms with Gasteiger partial charge in [0.05, 0.1) is 23.0 Å². The molecule has 2 atom stereocenters. The van der Waals surface area contributed by atoms with Crippen LogP contribution in [0.1, 0.15) is 25.7 Å². The summed E-state index contributed by atoms with van der Waals surface area (Å²) in [5.74, 6) is -0.0848. The lowest BCUT2D eigenvalue weighted by molar-refractivity contribution is -0.122. The molecule has 0 spiro atoms. The normalized spacial score (nSPS) is 20.4. The van der Waals surface area contributed by atoms with Crippen LogP contribution in [0.4, 0.5) is 0 Å². The maximum Gasteiger partial charge on any atom is 0.262 e. The molecule has 24 heavy (non-hydrogen) atoms. The van der Waals surface area contributed by atoms with Crippen molar-refractivity contribution in [3.05, 3.63) is 39.4 Å². The van der Waals surface area contributed by atoms with Gasteiger partial charge in [0.25, 0.3) is 5.56 Å². The number of carbonyl (C=O) groups is 1. The molecule has 1 fully saturated rings. The van der Waals surface area contributed by atoms with Gasteiger partial charge in [-0.25, -0.2) is 0 Å². The van der Waals surface area contributed by atoms with Gasteiger partial charge in [0.1, 0.15) is 0 Å². The number of fused-ring (bicyclic) bond motifs is 1. The molecular weight excluding hydrogens is 326 g/mol. The van der Waals surface area contributed by atoms with E-state index in [1.165, 1.54) is 4.57 Å². The molecule has 6 nitrogen and oxygen atoms in total. The predicted octanol–water partition coefficient (Wildman–Crippen LogP) is 2.13. The molecule has 0 radical (unpaired) electrons. The summed E-state index contributed by atoms with van der Waals surface area (Å²) < 4.78 is 7.16. The van der Waals surface area contributed by atoms with Gasteiger partial charge in [0.15, 0.2) is 4.77 Å². The number of nitrogens with one attached hydrogen (secondary N) is 2. The van der Waals surface area contributed by atoms with Gasteiger partial charge in [-0.2, -0.15) is 0 Å². The molecule has 1 aromatic heterocycles. The summed E-state index contributed by atoms with van der Waals surface area (Å²) in [4.78, 5) is 27.8. The third-order valence-electron chi connectivity index (χ3n) is 4.55. The van der Waals surface area contributed by atoms with Crippen LogP contribution in [0.25, 0.3) is 10.9 Å². The molecule has 0 saturated heterocycles. The van der Waals surface area contributed by atoms with Crippen LogP contribution >= 0.6 is 12.2 Å². The molecule has 1 amide bonds. The van der Waals surface area contributed by atoms with Crippen LogP contribution in [0.15, 0.2) is 29.1 Å². The van der Waals surface area contributed by atoms with E-state index in [0.29, 0.717) is 15.7 Å². The number of methoxy groups -OCH3 is 1. The number of nitrogens with zero attached hydrogens (tertiary/aromatic N) is 1. The van der Waals surface area contributed by atoms with E-state index in [1.54, 1.807) is 13.2 Å². The van der Waals surface area contributed by atoms with Crippen molar-refractivity contribution in [3.8, 4) is 0 Å². The Balaban J connectivity index is 1.70. The number of hydrogen-bond donors (Lipinski definition) is 2. The van der Waals surface area contributed by atoms with Gasteiger partial charge in [-0.05, 0) is 43.6 Å². The molecule has 1 aliphatic carbocycles. The molecule has 0 bridgehead atoms. The molecule has 1 aromatic carbocycles. The standard InChI is InChI=1S/C17H21N3O3S/c1-23-14-8-4-7-13(14)18-15(21)9-10-20-16(22)11-5-2-3-6-12(11)19-17(20)24/h2-3,5-6,13-14H,4,7-10H2,1H3,(H,18,21)(H,19,24)/t13-,14-/m0/s1. The number of amides is 1. The molecule has 7 heteroatoms. The first-order chi connectivity index (χ1) is 11.6. The summed E-state index contributed by atoms with van der Waals surface area (Å²) in [7, 11) is 1.67. The Morgan fingerprint density at radius 2 is 2.21 bits per heavy atom. The molecule has 1 saturated carbocycles. The van der Waals surface area contributed by atoms with Crippen molar-refractivity contribution >= 4 is 29.0 Å². The first-order valence-electron chi connectivity index (χ1n) is 8.14. The van der Waals surface area contributed by atoms with Crippen LogP contribution in [-0.2, 0) is 16.1 Å². The summed E-state index contributed by atoms with van der Waals surface area (Å²) in [6.45, 7) is 0.259. The Labute approximate surface area is 144 Å². The van der Waals surface area contributed by atoms with Crippen LogP contribution in [0.2, 0.25) is 0 Å². The highest BCUT2D eigenvalue weighted by Gasteiger charge is 2.28. The van der Waals surface area contributed by atoms with E-state index in [-0.39, 0.29) is 36.6 Å². The molecule has 2 N–H and O–H groups in total. The number of ether oxygens (including phenoxy) is 1. The van der Waals surface area contributed by atoms with Gasteiger partial charge >= 0.3 is 0 Å². The van der Waals surface area contributed by atoms with Crippen molar-refractivity contribution < 1.29 is 9.53 Å². The van der Waals surface area contributed by atoms with E-state index in [4.69, 9.17) is 17.0 Å². The van der Waals surface area contributed by atoms with E-state index in [0.717, 1.165) is 19.3 Å². The second-order valence-electron chi connectivity index (χ2n) is 6.06. The zero-order valence-electron chi connectivity index (χ0n) is 13.6. The third-order valence-corrected chi connectivity index (χ3v) is 4.88. The fraction of sp³-hybridized carbons (Fsp3) is 0.471. The zero-order valence-corrected chi connectivity index (χ0v) is 14.4. The molecule has 3 rings (SSSR count). The van der Waals surface area contributed by atoms with Gasteiger partial charge in [-0.3, -0.25) is 14.2 Å². The maximum absolute atomic E-state index is 12.5. The van der Waals surface area contributed by atoms with Crippen LogP contribution in [0, 0.1) is 4.77 Å². The van der Waals surface area contributed by atoms with Crippen molar-refractivity contribution in [3.63, 3.8) is 0 Å². The molecule has 128 valence electrons. The van der Waals surface area contributed by atoms with E-state index in [9.17, 15) is 9.59 Å². The van der Waals surface area contributed by atoms with E-state index in [1.807, 2.05) is 18.2 Å². The second-order valence-corrected chi connectivity index (χ2v) is 6.45. The Bertz CT molecular complexity index is 858. The number of carbonyl (C=O) groups excluding carboxylic acids is 1. The number of aromatic nitrogens is 2. The second kappa shape index (κ2) is 7.27. The van der Waals surface area contributed by atoms with Crippen molar-refractivity contribution in [2.75, 3.05) is 7.11 Å². The quantitative estimate of drug-likeness (QED) is 0.813. The fourth-order valence-electron chi connectivity index (χ4n) is 3.27. The Morgan fingerprint density at radius 1 is 1.42 bits per heavy atom. The van der Waals surface area contributed by atoms with Crippen LogP contribution in [0.3, 0.4) is 0 Å². The highest BCUT2D eigenvalue weighted by molar-refractivity contribution is 7.71. The van der Waals surface area contributed by atoms with Crippen LogP contribution in [0.5, 0.6) is 0 Å². The summed E-state index contributed by atoms with van der Waals surface area (Å²) in [6.07, 6.45) is 3.25. The molecular formula is C17H21N3O3S. The van der Waals surface area contributed by atoms with Crippen molar-refractivity contribution in [1.29, 1.82) is 0 Å². The number of rotatable bonds is 5. The molecule has 0 unspecified atom stereocenters. The van der Waals surface area contributed by atoms with Crippen molar-refractivity contribution in [2.24, 2.45) is 0 Å². The minimum Gasteiger partial charge on any atom is -0.379 e. The monoisotopic (exact) mass is 347 g/mol. The lowest BCUT2D eigenvalue weighted by atomic mass is 10.2. The highest BCUT2D eigenvalue weighted by atomic mass is 32.1. The maximum atomic E-state index is 12.5. The SMILES string of the molecule is CO[C@H]1CCC[C@@H]1NC(=O)CCn1c(=S)[nH]c2ccccc2c1=O. The van der Waals surface area contributed by atoms with Crippen LogP contribution in [-0.4, -0.2) is 34.7 Å². The predicted molar refractivity (Wildman–Crippen MR) is 94.6 cm³/mol. The average molecular weight is 347 g/mol. The topological polar surface area (TPSA) is 76.1 Å². The van der Waals surface area contributed by atoms with Gasteiger partial charge in [0, 0.05) is 20.1 Å². The van der Waals surface area contributed by atoms with Gasteiger partial charge in [0.2, 0.25) is 5.91 Å². The lowest BCUT2D eigenvalue weighted by Crippen LogP contribution is -2.41. The minimum absolute atomic E-state index is 0.0605. The number of para-hydroxylation sites is 1. The lowest BCUT2D eigenvalue weighted by Gasteiger charge is -2.19. The first kappa shape index (κ1) is 16.9. The zero-order chi connectivity index (χ0) is 17.1. The smallest absolute Gasteiger partial charge is 0.262 e. The van der Waals surface area contributed by atoms with Crippen molar-refractivity contribution in [1.82, 2.24) is 14.9 Å². The number of H-pyrrole nitrogens is 1. The summed E-state index contributed by atoms with van der Waals surface area (Å²) in [6, 6.07) is 7.28. The minimum atomic E-state index is -0.169. The van der Waals surface area contributed by atoms with Gasteiger partial charge in [-0.15, -0.1) is 0 Å². The van der Waals surface area contributed by atoms with E-state index < -0.39 is 0 Å². The van der Waals surface area contributed by atoms with E-state index >= 15 is 0 Å².